The highest BCUT2D eigenvalue weighted by atomic mass is 16.3. The molecule has 2 rings (SSSR count). The second-order valence-corrected chi connectivity index (χ2v) is 4.39. The summed E-state index contributed by atoms with van der Waals surface area (Å²) >= 11 is 0. The molecule has 5 heteroatoms. The summed E-state index contributed by atoms with van der Waals surface area (Å²) < 4.78 is 1.79. The van der Waals surface area contributed by atoms with E-state index in [1.54, 1.807) is 10.9 Å². The Bertz CT molecular complexity index is 317. The van der Waals surface area contributed by atoms with Crippen molar-refractivity contribution in [1.82, 2.24) is 20.3 Å². The van der Waals surface area contributed by atoms with Crippen LogP contribution in [0.1, 0.15) is 38.1 Å². The average molecular weight is 210 g/mol. The van der Waals surface area contributed by atoms with Crippen LogP contribution in [0.4, 0.5) is 0 Å². The third-order valence-corrected chi connectivity index (χ3v) is 2.94. The van der Waals surface area contributed by atoms with Crippen LogP contribution in [0.3, 0.4) is 0 Å². The smallest absolute Gasteiger partial charge is 0.101 e. The Hall–Kier alpha value is -0.940. The molecule has 0 radical (unpaired) electrons. The summed E-state index contributed by atoms with van der Waals surface area (Å²) in [5.41, 5.74) is 0.832. The molecule has 2 heterocycles. The van der Waals surface area contributed by atoms with Gasteiger partial charge >= 0.3 is 0 Å². The molecule has 0 amide bonds. The first-order valence-corrected chi connectivity index (χ1v) is 5.49. The molecule has 0 spiro atoms. The number of nitrogens with one attached hydrogen (secondary N) is 1. The molecule has 1 fully saturated rings. The first-order chi connectivity index (χ1) is 7.20. The largest absolute Gasteiger partial charge is 0.386 e. The predicted molar refractivity (Wildman–Crippen MR) is 56.3 cm³/mol. The number of aromatic nitrogens is 3. The third-order valence-electron chi connectivity index (χ3n) is 2.94. The topological polar surface area (TPSA) is 63.0 Å². The van der Waals surface area contributed by atoms with E-state index < -0.39 is 6.10 Å². The van der Waals surface area contributed by atoms with Crippen molar-refractivity contribution in [3.05, 3.63) is 11.9 Å². The van der Waals surface area contributed by atoms with Crippen LogP contribution in [0.2, 0.25) is 0 Å². The van der Waals surface area contributed by atoms with E-state index in [0.717, 1.165) is 25.2 Å². The van der Waals surface area contributed by atoms with Crippen molar-refractivity contribution in [2.45, 2.75) is 32.4 Å². The van der Waals surface area contributed by atoms with Crippen molar-refractivity contribution in [3.8, 4) is 0 Å². The van der Waals surface area contributed by atoms with Crippen molar-refractivity contribution < 1.29 is 5.11 Å². The molecule has 5 nitrogen and oxygen atoms in total. The summed E-state index contributed by atoms with van der Waals surface area (Å²) in [4.78, 5) is 0. The number of nitrogens with zero attached hydrogens (tertiary/aromatic N) is 3. The number of aliphatic hydroxyl groups is 1. The molecule has 0 aliphatic carbocycles. The van der Waals surface area contributed by atoms with Crippen LogP contribution in [0.5, 0.6) is 0 Å². The Kier molecular flexibility index (Phi) is 3.02. The molecule has 84 valence electrons. The van der Waals surface area contributed by atoms with Gasteiger partial charge in [0.25, 0.3) is 0 Å². The lowest BCUT2D eigenvalue weighted by Crippen LogP contribution is -2.20. The van der Waals surface area contributed by atoms with Gasteiger partial charge in [0.1, 0.15) is 6.10 Å². The second-order valence-electron chi connectivity index (χ2n) is 4.39. The molecule has 0 aromatic carbocycles. The van der Waals surface area contributed by atoms with Crippen molar-refractivity contribution in [3.63, 3.8) is 0 Å². The zero-order valence-corrected chi connectivity index (χ0v) is 9.22. The quantitative estimate of drug-likeness (QED) is 0.762. The molecule has 1 aliphatic heterocycles. The van der Waals surface area contributed by atoms with Gasteiger partial charge in [-0.1, -0.05) is 5.21 Å². The minimum absolute atomic E-state index is 0.242. The van der Waals surface area contributed by atoms with Crippen LogP contribution in [0.25, 0.3) is 0 Å². The third kappa shape index (κ3) is 2.03. The normalized spacial score (nSPS) is 23.6. The Morgan fingerprint density at radius 3 is 3.00 bits per heavy atom. The van der Waals surface area contributed by atoms with E-state index in [-0.39, 0.29) is 6.04 Å². The van der Waals surface area contributed by atoms with Crippen LogP contribution in [0.15, 0.2) is 6.20 Å². The molecule has 15 heavy (non-hydrogen) atoms. The van der Waals surface area contributed by atoms with E-state index in [4.69, 9.17) is 0 Å². The van der Waals surface area contributed by atoms with Gasteiger partial charge in [0.2, 0.25) is 0 Å². The molecular formula is C10H18N4O. The summed E-state index contributed by atoms with van der Waals surface area (Å²) in [5.74, 6) is 0.293. The van der Waals surface area contributed by atoms with Gasteiger partial charge in [0.05, 0.1) is 11.9 Å². The van der Waals surface area contributed by atoms with Crippen LogP contribution < -0.4 is 5.32 Å². The lowest BCUT2D eigenvalue weighted by atomic mass is 9.99. The van der Waals surface area contributed by atoms with E-state index in [1.807, 2.05) is 13.8 Å². The lowest BCUT2D eigenvalue weighted by molar-refractivity contribution is 0.107. The van der Waals surface area contributed by atoms with Gasteiger partial charge in [0.15, 0.2) is 0 Å². The zero-order chi connectivity index (χ0) is 10.8. The van der Waals surface area contributed by atoms with E-state index in [0.29, 0.717) is 5.92 Å². The maximum Gasteiger partial charge on any atom is 0.101 e. The fourth-order valence-electron chi connectivity index (χ4n) is 2.05. The number of rotatable bonds is 3. The van der Waals surface area contributed by atoms with Crippen molar-refractivity contribution in [2.24, 2.45) is 5.92 Å². The van der Waals surface area contributed by atoms with Crippen LogP contribution in [-0.2, 0) is 0 Å². The molecular weight excluding hydrogens is 192 g/mol. The average Bonchev–Trinajstić information content (AvgIpc) is 2.88. The maximum atomic E-state index is 10.2. The fourth-order valence-corrected chi connectivity index (χ4v) is 2.05. The summed E-state index contributed by atoms with van der Waals surface area (Å²) in [6.07, 6.45) is 2.24. The van der Waals surface area contributed by atoms with Crippen molar-refractivity contribution in [2.75, 3.05) is 13.1 Å². The maximum absolute atomic E-state index is 10.2. The standard InChI is InChI=1S/C10H18N4O/c1-7(2)14-9(6-12-13-14)10(15)8-3-4-11-5-8/h6-8,10-11,15H,3-5H2,1-2H3. The van der Waals surface area contributed by atoms with E-state index in [1.165, 1.54) is 0 Å². The lowest BCUT2D eigenvalue weighted by Gasteiger charge is -2.19. The molecule has 2 N–H and O–H groups in total. The van der Waals surface area contributed by atoms with Gasteiger partial charge in [-0.3, -0.25) is 0 Å². The van der Waals surface area contributed by atoms with Crippen LogP contribution in [0, 0.1) is 5.92 Å². The molecule has 0 saturated carbocycles. The van der Waals surface area contributed by atoms with Gasteiger partial charge in [-0.2, -0.15) is 0 Å². The van der Waals surface area contributed by atoms with Gasteiger partial charge < -0.3 is 10.4 Å². The van der Waals surface area contributed by atoms with Crippen LogP contribution >= 0.6 is 0 Å². The summed E-state index contributed by atoms with van der Waals surface area (Å²) in [6.45, 7) is 5.95. The molecule has 1 saturated heterocycles. The Balaban J connectivity index is 2.16. The van der Waals surface area contributed by atoms with Crippen LogP contribution in [-0.4, -0.2) is 33.2 Å². The molecule has 1 aromatic heterocycles. The number of hydrogen-bond acceptors (Lipinski definition) is 4. The van der Waals surface area contributed by atoms with Gasteiger partial charge in [-0.05, 0) is 26.8 Å². The Morgan fingerprint density at radius 2 is 2.40 bits per heavy atom. The molecule has 1 aliphatic rings. The predicted octanol–water partition coefficient (Wildman–Crippen LogP) is 0.502. The van der Waals surface area contributed by atoms with E-state index in [2.05, 4.69) is 15.6 Å². The molecule has 2 unspecified atom stereocenters. The highest BCUT2D eigenvalue weighted by Crippen LogP contribution is 2.26. The van der Waals surface area contributed by atoms with Crippen molar-refractivity contribution in [1.29, 1.82) is 0 Å². The zero-order valence-electron chi connectivity index (χ0n) is 9.22. The van der Waals surface area contributed by atoms with Gasteiger partial charge in [-0.25, -0.2) is 4.68 Å². The van der Waals surface area contributed by atoms with Gasteiger partial charge in [-0.15, -0.1) is 5.10 Å². The number of hydrogen-bond donors (Lipinski definition) is 2. The minimum atomic E-state index is -0.447. The fraction of sp³-hybridized carbons (Fsp3) is 0.800. The highest BCUT2D eigenvalue weighted by molar-refractivity contribution is 5.03. The van der Waals surface area contributed by atoms with E-state index in [9.17, 15) is 5.11 Å². The van der Waals surface area contributed by atoms with Crippen molar-refractivity contribution >= 4 is 0 Å². The molecule has 2 atom stereocenters. The summed E-state index contributed by atoms with van der Waals surface area (Å²) in [5, 5.41) is 21.3. The summed E-state index contributed by atoms with van der Waals surface area (Å²) in [6, 6.07) is 0.242. The van der Waals surface area contributed by atoms with E-state index >= 15 is 0 Å². The first kappa shape index (κ1) is 10.6. The monoisotopic (exact) mass is 210 g/mol. The SMILES string of the molecule is CC(C)n1nncc1C(O)C1CCNC1. The Morgan fingerprint density at radius 1 is 1.60 bits per heavy atom. The first-order valence-electron chi connectivity index (χ1n) is 5.49. The minimum Gasteiger partial charge on any atom is -0.386 e. The molecule has 0 bridgehead atoms. The van der Waals surface area contributed by atoms with Gasteiger partial charge in [0, 0.05) is 18.5 Å². The highest BCUT2D eigenvalue weighted by Gasteiger charge is 2.27. The Labute approximate surface area is 89.5 Å². The summed E-state index contributed by atoms with van der Waals surface area (Å²) in [7, 11) is 0. The molecule has 1 aromatic rings. The number of aliphatic hydroxyl groups excluding tert-OH is 1. The second kappa shape index (κ2) is 4.28.